The lowest BCUT2D eigenvalue weighted by Gasteiger charge is -2.11. The third-order valence-electron chi connectivity index (χ3n) is 3.11. The molecule has 5 nitrogen and oxygen atoms in total. The average molecular weight is 474 g/mol. The molecule has 0 unspecified atom stereocenters. The number of rotatable bonds is 9. The first-order valence-electron chi connectivity index (χ1n) is 8.07. The molecule has 7 heteroatoms. The van der Waals surface area contributed by atoms with Gasteiger partial charge in [0.1, 0.15) is 6.54 Å². The Morgan fingerprint density at radius 3 is 2.80 bits per heavy atom. The number of halogens is 1. The Labute approximate surface area is 172 Å². The molecule has 0 fully saturated rings. The summed E-state index contributed by atoms with van der Waals surface area (Å²) in [4.78, 5) is 16.3. The van der Waals surface area contributed by atoms with Crippen molar-refractivity contribution in [3.63, 3.8) is 0 Å². The van der Waals surface area contributed by atoms with Crippen molar-refractivity contribution < 1.29 is 4.79 Å². The number of carbonyl (C=O) groups is 1. The number of carbonyl (C=O) groups excluding carboxylic acids is 1. The van der Waals surface area contributed by atoms with Gasteiger partial charge in [-0.1, -0.05) is 12.0 Å². The summed E-state index contributed by atoms with van der Waals surface area (Å²) in [6, 6.07) is 7.20. The molecule has 138 valence electrons. The van der Waals surface area contributed by atoms with Gasteiger partial charge in [0.05, 0.1) is 0 Å². The van der Waals surface area contributed by atoms with Crippen LogP contribution in [0, 0.1) is 12.3 Å². The lowest BCUT2D eigenvalue weighted by molar-refractivity contribution is -0.114. The predicted octanol–water partition coefficient (Wildman–Crippen LogP) is 2.92. The molecule has 1 aromatic rings. The van der Waals surface area contributed by atoms with Gasteiger partial charge in [0, 0.05) is 24.3 Å². The quantitative estimate of drug-likeness (QED) is 0.169. The van der Waals surface area contributed by atoms with Gasteiger partial charge >= 0.3 is 0 Å². The molecule has 0 heterocycles. The number of amides is 1. The number of unbranched alkanes of at least 4 members (excludes halogenated alkanes) is 1. The molecule has 0 radical (unpaired) electrons. The smallest absolute Gasteiger partial charge is 0.246 e. The molecule has 25 heavy (non-hydrogen) atoms. The molecule has 1 amide bonds. The van der Waals surface area contributed by atoms with Crippen LogP contribution >= 0.6 is 35.7 Å². The molecule has 0 saturated carbocycles. The van der Waals surface area contributed by atoms with E-state index in [0.29, 0.717) is 11.6 Å². The van der Waals surface area contributed by atoms with E-state index in [-0.39, 0.29) is 36.4 Å². The monoisotopic (exact) mass is 474 g/mol. The summed E-state index contributed by atoms with van der Waals surface area (Å²) in [6.07, 6.45) is 9.71. The van der Waals surface area contributed by atoms with Crippen molar-refractivity contribution >= 4 is 53.3 Å². The van der Waals surface area contributed by atoms with Crippen LogP contribution in [0.2, 0.25) is 0 Å². The van der Waals surface area contributed by atoms with Crippen LogP contribution < -0.4 is 16.0 Å². The van der Waals surface area contributed by atoms with Crippen molar-refractivity contribution in [2.45, 2.75) is 19.8 Å². The van der Waals surface area contributed by atoms with Crippen molar-refractivity contribution in [2.75, 3.05) is 37.0 Å². The van der Waals surface area contributed by atoms with Gasteiger partial charge in [0.15, 0.2) is 5.96 Å². The second kappa shape index (κ2) is 14.9. The molecule has 0 aliphatic carbocycles. The number of aliphatic imine (C=N–C) groups is 1. The Morgan fingerprint density at radius 1 is 1.32 bits per heavy atom. The summed E-state index contributed by atoms with van der Waals surface area (Å²) < 4.78 is 0. The Hall–Kier alpha value is -1.40. The van der Waals surface area contributed by atoms with E-state index in [1.165, 1.54) is 6.42 Å². The second-order valence-corrected chi connectivity index (χ2v) is 6.08. The summed E-state index contributed by atoms with van der Waals surface area (Å²) in [7, 11) is 0. The van der Waals surface area contributed by atoms with Gasteiger partial charge in [-0.15, -0.1) is 30.4 Å². The zero-order chi connectivity index (χ0) is 17.6. The number of benzene rings is 1. The van der Waals surface area contributed by atoms with Gasteiger partial charge in [0.25, 0.3) is 0 Å². The van der Waals surface area contributed by atoms with Gasteiger partial charge < -0.3 is 16.0 Å². The van der Waals surface area contributed by atoms with Gasteiger partial charge in [-0.2, -0.15) is 11.8 Å². The van der Waals surface area contributed by atoms with Gasteiger partial charge in [-0.3, -0.25) is 4.79 Å². The minimum absolute atomic E-state index is 0. The van der Waals surface area contributed by atoms with E-state index in [0.717, 1.165) is 30.8 Å². The maximum absolute atomic E-state index is 12.0. The van der Waals surface area contributed by atoms with Crippen molar-refractivity contribution in [1.29, 1.82) is 0 Å². The number of nitrogens with one attached hydrogen (secondary N) is 3. The third kappa shape index (κ3) is 10.9. The average Bonchev–Trinajstić information content (AvgIpc) is 2.59. The molecule has 0 aliphatic heterocycles. The number of hydrogen-bond acceptors (Lipinski definition) is 3. The van der Waals surface area contributed by atoms with E-state index in [9.17, 15) is 4.79 Å². The van der Waals surface area contributed by atoms with Crippen molar-refractivity contribution in [1.82, 2.24) is 10.6 Å². The summed E-state index contributed by atoms with van der Waals surface area (Å²) >= 11 is 1.85. The summed E-state index contributed by atoms with van der Waals surface area (Å²) in [5.41, 5.74) is 1.41. The molecule has 0 atom stereocenters. The first kappa shape index (κ1) is 23.6. The summed E-state index contributed by atoms with van der Waals surface area (Å²) in [6.45, 7) is 3.65. The number of nitrogens with zero attached hydrogens (tertiary/aromatic N) is 1. The van der Waals surface area contributed by atoms with E-state index < -0.39 is 0 Å². The van der Waals surface area contributed by atoms with Gasteiger partial charge in [-0.25, -0.2) is 4.99 Å². The van der Waals surface area contributed by atoms with Crippen LogP contribution in [0.3, 0.4) is 0 Å². The molecular weight excluding hydrogens is 447 g/mol. The van der Waals surface area contributed by atoms with E-state index >= 15 is 0 Å². The maximum Gasteiger partial charge on any atom is 0.246 e. The highest BCUT2D eigenvalue weighted by atomic mass is 127. The van der Waals surface area contributed by atoms with Crippen molar-refractivity contribution in [3.05, 3.63) is 29.8 Å². The number of terminal acetylenes is 1. The third-order valence-corrected chi connectivity index (χ3v) is 3.80. The fraction of sp³-hybridized carbons (Fsp3) is 0.444. The topological polar surface area (TPSA) is 65.5 Å². The number of hydrogen-bond donors (Lipinski definition) is 3. The molecule has 1 rings (SSSR count). The van der Waals surface area contributed by atoms with Crippen LogP contribution in [-0.2, 0) is 4.79 Å². The predicted molar refractivity (Wildman–Crippen MR) is 120 cm³/mol. The number of anilines is 1. The Kier molecular flexibility index (Phi) is 14.1. The van der Waals surface area contributed by atoms with Crippen LogP contribution in [-0.4, -0.2) is 43.5 Å². The molecule has 0 saturated heterocycles. The van der Waals surface area contributed by atoms with Crippen LogP contribution in [0.4, 0.5) is 5.69 Å². The number of thioether (sulfide) groups is 1. The fourth-order valence-electron chi connectivity index (χ4n) is 1.96. The standard InChI is InChI=1S/C18H26N4OS.HI/c1-4-15-9-8-10-16(13-15)22-17(23)14-21-18(19-5-2)20-11-6-7-12-24-3;/h1,8-10,13H,5-7,11-12,14H2,2-3H3,(H,22,23)(H2,19,20,21);1H. The van der Waals surface area contributed by atoms with Crippen molar-refractivity contribution in [3.8, 4) is 12.3 Å². The Bertz CT molecular complexity index is 587. The lowest BCUT2D eigenvalue weighted by Crippen LogP contribution is -2.38. The van der Waals surface area contributed by atoms with Crippen LogP contribution in [0.1, 0.15) is 25.3 Å². The van der Waals surface area contributed by atoms with E-state index in [2.05, 4.69) is 33.1 Å². The zero-order valence-electron chi connectivity index (χ0n) is 14.8. The SMILES string of the molecule is C#Cc1cccc(NC(=O)CN=C(NCC)NCCCCSC)c1.I. The van der Waals surface area contributed by atoms with E-state index in [4.69, 9.17) is 6.42 Å². The molecule has 0 aromatic heterocycles. The minimum atomic E-state index is -0.177. The molecule has 1 aromatic carbocycles. The molecule has 0 bridgehead atoms. The van der Waals surface area contributed by atoms with Gasteiger partial charge in [-0.05, 0) is 50.0 Å². The molecule has 0 aliphatic rings. The van der Waals surface area contributed by atoms with E-state index in [1.807, 2.05) is 30.8 Å². The van der Waals surface area contributed by atoms with Gasteiger partial charge in [0.2, 0.25) is 5.91 Å². The normalized spacial score (nSPS) is 10.4. The highest BCUT2D eigenvalue weighted by molar-refractivity contribution is 14.0. The highest BCUT2D eigenvalue weighted by Gasteiger charge is 2.03. The largest absolute Gasteiger partial charge is 0.357 e. The Morgan fingerprint density at radius 2 is 2.12 bits per heavy atom. The van der Waals surface area contributed by atoms with E-state index in [1.54, 1.807) is 12.1 Å². The lowest BCUT2D eigenvalue weighted by atomic mass is 10.2. The van der Waals surface area contributed by atoms with Crippen LogP contribution in [0.5, 0.6) is 0 Å². The first-order valence-corrected chi connectivity index (χ1v) is 9.46. The molecular formula is C18H27IN4OS. The van der Waals surface area contributed by atoms with Crippen LogP contribution in [0.25, 0.3) is 0 Å². The first-order chi connectivity index (χ1) is 11.7. The fourth-order valence-corrected chi connectivity index (χ4v) is 2.45. The summed E-state index contributed by atoms with van der Waals surface area (Å²) in [5.74, 6) is 4.19. The zero-order valence-corrected chi connectivity index (χ0v) is 17.9. The summed E-state index contributed by atoms with van der Waals surface area (Å²) in [5, 5.41) is 9.18. The molecule has 3 N–H and O–H groups in total. The highest BCUT2D eigenvalue weighted by Crippen LogP contribution is 2.09. The Balaban J connectivity index is 0.00000576. The maximum atomic E-state index is 12.0. The van der Waals surface area contributed by atoms with Crippen molar-refractivity contribution in [2.24, 2.45) is 4.99 Å². The second-order valence-electron chi connectivity index (χ2n) is 5.10. The van der Waals surface area contributed by atoms with Crippen LogP contribution in [0.15, 0.2) is 29.3 Å². The number of guanidine groups is 1. The minimum Gasteiger partial charge on any atom is -0.357 e. The molecule has 0 spiro atoms.